The number of halogens is 1. The maximum absolute atomic E-state index is 12.5. The van der Waals surface area contributed by atoms with E-state index in [1.54, 1.807) is 12.1 Å². The van der Waals surface area contributed by atoms with Crippen LogP contribution < -0.4 is 10.6 Å². The van der Waals surface area contributed by atoms with E-state index in [2.05, 4.69) is 10.6 Å². The van der Waals surface area contributed by atoms with Gasteiger partial charge in [0.2, 0.25) is 11.8 Å². The number of nitrogens with one attached hydrogen (secondary N) is 2. The van der Waals surface area contributed by atoms with Crippen molar-refractivity contribution in [3.05, 3.63) is 88.9 Å². The molecule has 2 amide bonds. The fourth-order valence-corrected chi connectivity index (χ4v) is 3.92. The second kappa shape index (κ2) is 10.3. The molecule has 1 atom stereocenters. The molecule has 3 aromatic rings. The van der Waals surface area contributed by atoms with Gasteiger partial charge in [-0.1, -0.05) is 41.9 Å². The highest BCUT2D eigenvalue weighted by Crippen LogP contribution is 2.27. The zero-order valence-corrected chi connectivity index (χ0v) is 18.4. The molecule has 0 radical (unpaired) electrons. The fraction of sp³-hybridized carbons (Fsp3) is 0.167. The monoisotopic (exact) mass is 438 g/mol. The van der Waals surface area contributed by atoms with E-state index in [1.165, 1.54) is 11.8 Å². The zero-order valence-electron chi connectivity index (χ0n) is 16.8. The van der Waals surface area contributed by atoms with Gasteiger partial charge in [0.1, 0.15) is 0 Å². The topological polar surface area (TPSA) is 58.2 Å². The Morgan fingerprint density at radius 1 is 0.933 bits per heavy atom. The van der Waals surface area contributed by atoms with Crippen LogP contribution in [0.2, 0.25) is 5.02 Å². The number of amides is 2. The number of carbonyl (C=O) groups is 2. The van der Waals surface area contributed by atoms with E-state index in [1.807, 2.05) is 74.5 Å². The molecule has 0 saturated carbocycles. The predicted octanol–water partition coefficient (Wildman–Crippen LogP) is 5.95. The summed E-state index contributed by atoms with van der Waals surface area (Å²) in [6, 6.07) is 22.4. The summed E-state index contributed by atoms with van der Waals surface area (Å²) in [6.07, 6.45) is 0.268. The van der Waals surface area contributed by atoms with E-state index in [4.69, 9.17) is 11.6 Å². The summed E-state index contributed by atoms with van der Waals surface area (Å²) in [5.41, 5.74) is 3.47. The van der Waals surface area contributed by atoms with Gasteiger partial charge in [0.15, 0.2) is 0 Å². The summed E-state index contributed by atoms with van der Waals surface area (Å²) in [5.74, 6) is -0.174. The lowest BCUT2D eigenvalue weighted by Crippen LogP contribution is -2.22. The lowest BCUT2D eigenvalue weighted by atomic mass is 10.1. The molecule has 0 spiro atoms. The van der Waals surface area contributed by atoms with Crippen LogP contribution in [0.15, 0.2) is 77.7 Å². The summed E-state index contributed by atoms with van der Waals surface area (Å²) in [7, 11) is 0. The average Bonchev–Trinajstić information content (AvgIpc) is 2.70. The number of hydrogen-bond acceptors (Lipinski definition) is 3. The maximum Gasteiger partial charge on any atom is 0.237 e. The molecule has 2 N–H and O–H groups in total. The minimum atomic E-state index is -0.287. The van der Waals surface area contributed by atoms with Gasteiger partial charge in [0.05, 0.1) is 11.7 Å². The Labute approximate surface area is 186 Å². The van der Waals surface area contributed by atoms with Crippen molar-refractivity contribution in [3.63, 3.8) is 0 Å². The largest absolute Gasteiger partial charge is 0.326 e. The molecule has 3 rings (SSSR count). The zero-order chi connectivity index (χ0) is 21.5. The molecule has 0 aromatic heterocycles. The van der Waals surface area contributed by atoms with Gasteiger partial charge in [0, 0.05) is 21.3 Å². The molecular weight excluding hydrogens is 416 g/mol. The first-order chi connectivity index (χ1) is 14.4. The summed E-state index contributed by atoms with van der Waals surface area (Å²) >= 11 is 7.32. The first-order valence-electron chi connectivity index (χ1n) is 9.57. The Morgan fingerprint density at radius 3 is 2.30 bits per heavy atom. The lowest BCUT2D eigenvalue weighted by Gasteiger charge is -2.13. The highest BCUT2D eigenvalue weighted by atomic mass is 35.5. The molecule has 3 aromatic carbocycles. The normalized spacial score (nSPS) is 11.6. The molecule has 0 bridgehead atoms. The third kappa shape index (κ3) is 6.65. The summed E-state index contributed by atoms with van der Waals surface area (Å²) < 4.78 is 0. The predicted molar refractivity (Wildman–Crippen MR) is 125 cm³/mol. The van der Waals surface area contributed by atoms with E-state index < -0.39 is 0 Å². The number of aryl methyl sites for hydroxylation is 1. The Kier molecular flexibility index (Phi) is 7.55. The molecule has 0 aliphatic carbocycles. The third-order valence-corrected chi connectivity index (χ3v) is 5.71. The number of carbonyl (C=O) groups excluding carboxylic acids is 2. The van der Waals surface area contributed by atoms with Crippen molar-refractivity contribution in [2.45, 2.75) is 30.4 Å². The molecule has 6 heteroatoms. The Bertz CT molecular complexity index is 1040. The molecule has 4 nitrogen and oxygen atoms in total. The third-order valence-electron chi connectivity index (χ3n) is 4.36. The molecule has 0 saturated heterocycles. The molecule has 1 unspecified atom stereocenters. The Balaban J connectivity index is 1.57. The van der Waals surface area contributed by atoms with Crippen LogP contribution in [0, 0.1) is 6.92 Å². The maximum atomic E-state index is 12.5. The van der Waals surface area contributed by atoms with Crippen LogP contribution in [0.4, 0.5) is 11.4 Å². The summed E-state index contributed by atoms with van der Waals surface area (Å²) in [5, 5.41) is 6.21. The van der Waals surface area contributed by atoms with Crippen LogP contribution in [-0.4, -0.2) is 17.1 Å². The highest BCUT2D eigenvalue weighted by Gasteiger charge is 2.15. The second-order valence-electron chi connectivity index (χ2n) is 7.00. The van der Waals surface area contributed by atoms with Gasteiger partial charge in [-0.2, -0.15) is 0 Å². The average molecular weight is 439 g/mol. The standard InChI is InChI=1S/C24H23ClN2O2S/c1-16-5-3-6-20(13-16)27-24(29)17(2)30-22-8-4-7-21(15-22)26-23(28)14-18-9-11-19(25)12-10-18/h3-13,15,17H,14H2,1-2H3,(H,26,28)(H,27,29). The second-order valence-corrected chi connectivity index (χ2v) is 8.85. The van der Waals surface area contributed by atoms with Crippen molar-refractivity contribution >= 4 is 46.6 Å². The van der Waals surface area contributed by atoms with Crippen LogP contribution in [0.5, 0.6) is 0 Å². The summed E-state index contributed by atoms with van der Waals surface area (Å²) in [4.78, 5) is 25.7. The Hall–Kier alpha value is -2.76. The Morgan fingerprint density at radius 2 is 1.60 bits per heavy atom. The van der Waals surface area contributed by atoms with Crippen molar-refractivity contribution in [2.24, 2.45) is 0 Å². The van der Waals surface area contributed by atoms with E-state index in [-0.39, 0.29) is 23.5 Å². The molecule has 0 heterocycles. The SMILES string of the molecule is Cc1cccc(NC(=O)C(C)Sc2cccc(NC(=O)Cc3ccc(Cl)cc3)c2)c1. The minimum absolute atomic E-state index is 0.0669. The van der Waals surface area contributed by atoms with Crippen molar-refractivity contribution < 1.29 is 9.59 Å². The van der Waals surface area contributed by atoms with Gasteiger partial charge in [0.25, 0.3) is 0 Å². The molecule has 154 valence electrons. The number of benzene rings is 3. The van der Waals surface area contributed by atoms with Gasteiger partial charge in [-0.3, -0.25) is 9.59 Å². The van der Waals surface area contributed by atoms with Crippen molar-refractivity contribution in [1.82, 2.24) is 0 Å². The minimum Gasteiger partial charge on any atom is -0.326 e. The number of hydrogen-bond donors (Lipinski definition) is 2. The molecule has 0 fully saturated rings. The molecule has 30 heavy (non-hydrogen) atoms. The molecular formula is C24H23ClN2O2S. The van der Waals surface area contributed by atoms with Crippen LogP contribution in [-0.2, 0) is 16.0 Å². The molecule has 0 aliphatic heterocycles. The fourth-order valence-electron chi connectivity index (χ4n) is 2.86. The first-order valence-corrected chi connectivity index (χ1v) is 10.8. The lowest BCUT2D eigenvalue weighted by molar-refractivity contribution is -0.116. The number of anilines is 2. The van der Waals surface area contributed by atoms with Crippen LogP contribution in [0.25, 0.3) is 0 Å². The van der Waals surface area contributed by atoms with Gasteiger partial charge in [-0.15, -0.1) is 11.8 Å². The molecule has 0 aliphatic rings. The van der Waals surface area contributed by atoms with Gasteiger partial charge >= 0.3 is 0 Å². The van der Waals surface area contributed by atoms with Crippen molar-refractivity contribution in [2.75, 3.05) is 10.6 Å². The number of thioether (sulfide) groups is 1. The van der Waals surface area contributed by atoms with Crippen molar-refractivity contribution in [3.8, 4) is 0 Å². The van der Waals surface area contributed by atoms with Gasteiger partial charge in [-0.25, -0.2) is 0 Å². The highest BCUT2D eigenvalue weighted by molar-refractivity contribution is 8.00. The van der Waals surface area contributed by atoms with Gasteiger partial charge < -0.3 is 10.6 Å². The van der Waals surface area contributed by atoms with Crippen LogP contribution in [0.3, 0.4) is 0 Å². The van der Waals surface area contributed by atoms with E-state index in [0.29, 0.717) is 10.7 Å². The smallest absolute Gasteiger partial charge is 0.237 e. The van der Waals surface area contributed by atoms with E-state index in [0.717, 1.165) is 21.7 Å². The van der Waals surface area contributed by atoms with Crippen LogP contribution in [0.1, 0.15) is 18.1 Å². The van der Waals surface area contributed by atoms with Crippen LogP contribution >= 0.6 is 23.4 Å². The first kappa shape index (κ1) is 21.9. The van der Waals surface area contributed by atoms with E-state index >= 15 is 0 Å². The van der Waals surface area contributed by atoms with E-state index in [9.17, 15) is 9.59 Å². The number of rotatable bonds is 7. The van der Waals surface area contributed by atoms with Gasteiger partial charge in [-0.05, 0) is 67.4 Å². The summed E-state index contributed by atoms with van der Waals surface area (Å²) in [6.45, 7) is 3.85. The quantitative estimate of drug-likeness (QED) is 0.448. The van der Waals surface area contributed by atoms with Crippen molar-refractivity contribution in [1.29, 1.82) is 0 Å².